The minimum Gasteiger partial charge on any atom is -0.366 e. The molecule has 0 saturated carbocycles. The van der Waals surface area contributed by atoms with Crippen LogP contribution in [0.3, 0.4) is 0 Å². The number of pyridine rings is 1. The summed E-state index contributed by atoms with van der Waals surface area (Å²) < 4.78 is 1.05. The number of nitrogens with one attached hydrogen (secondary N) is 1. The van der Waals surface area contributed by atoms with E-state index in [2.05, 4.69) is 26.2 Å². The van der Waals surface area contributed by atoms with E-state index in [0.717, 1.165) is 10.3 Å². The van der Waals surface area contributed by atoms with Crippen molar-refractivity contribution in [2.75, 3.05) is 16.8 Å². The van der Waals surface area contributed by atoms with E-state index in [1.54, 1.807) is 0 Å². The number of nitrogens with zero attached hydrogens (tertiary/aromatic N) is 1. The van der Waals surface area contributed by atoms with E-state index in [9.17, 15) is 0 Å². The minimum absolute atomic E-state index is 0.594. The highest BCUT2D eigenvalue weighted by Crippen LogP contribution is 2.24. The second kappa shape index (κ2) is 4.33. The molecule has 1 aromatic heterocycles. The van der Waals surface area contributed by atoms with Crippen LogP contribution >= 0.6 is 27.7 Å². The van der Waals surface area contributed by atoms with Crippen molar-refractivity contribution in [1.29, 1.82) is 0 Å². The van der Waals surface area contributed by atoms with Crippen LogP contribution in [-0.2, 0) is 0 Å². The van der Waals surface area contributed by atoms with Crippen molar-refractivity contribution in [2.24, 2.45) is 0 Å². The van der Waals surface area contributed by atoms with Crippen LogP contribution in [0.25, 0.3) is 0 Å². The molecular weight excluding hydrogens is 248 g/mol. The summed E-state index contributed by atoms with van der Waals surface area (Å²) in [7, 11) is 0. The normalized spacial score (nSPS) is 21.8. The number of aromatic nitrogens is 1. The lowest BCUT2D eigenvalue weighted by Gasteiger charge is -2.12. The van der Waals surface area contributed by atoms with Crippen LogP contribution in [0.15, 0.2) is 22.8 Å². The summed E-state index contributed by atoms with van der Waals surface area (Å²) in [5.74, 6) is 3.43. The Morgan fingerprint density at radius 1 is 1.62 bits per heavy atom. The highest BCUT2D eigenvalue weighted by molar-refractivity contribution is 9.10. The van der Waals surface area contributed by atoms with Gasteiger partial charge < -0.3 is 5.32 Å². The van der Waals surface area contributed by atoms with E-state index in [-0.39, 0.29) is 0 Å². The third kappa shape index (κ3) is 2.38. The summed E-state index contributed by atoms with van der Waals surface area (Å²) in [6.45, 7) is 0. The molecule has 0 bridgehead atoms. The summed E-state index contributed by atoms with van der Waals surface area (Å²) in [5, 5.41) is 3.43. The monoisotopic (exact) mass is 258 g/mol. The Morgan fingerprint density at radius 3 is 3.23 bits per heavy atom. The maximum atomic E-state index is 4.27. The topological polar surface area (TPSA) is 24.9 Å². The zero-order chi connectivity index (χ0) is 9.10. The molecule has 2 heterocycles. The molecule has 1 aliphatic heterocycles. The third-order valence-corrected chi connectivity index (χ3v) is 3.83. The maximum absolute atomic E-state index is 4.27. The zero-order valence-electron chi connectivity index (χ0n) is 7.16. The van der Waals surface area contributed by atoms with Crippen LogP contribution < -0.4 is 5.32 Å². The standard InChI is InChI=1S/C9H11BrN2S/c10-8-2-1-4-11-9(8)12-7-3-5-13-6-7/h1-2,4,7H,3,5-6H2,(H,11,12). The number of hydrogen-bond acceptors (Lipinski definition) is 3. The van der Waals surface area contributed by atoms with Gasteiger partial charge in [0, 0.05) is 18.0 Å². The molecule has 0 amide bonds. The van der Waals surface area contributed by atoms with Crippen LogP contribution in [-0.4, -0.2) is 22.5 Å². The molecule has 0 radical (unpaired) electrons. The molecule has 1 atom stereocenters. The van der Waals surface area contributed by atoms with Crippen molar-refractivity contribution in [3.05, 3.63) is 22.8 Å². The number of thioether (sulfide) groups is 1. The van der Waals surface area contributed by atoms with Gasteiger partial charge in [-0.2, -0.15) is 11.8 Å². The third-order valence-electron chi connectivity index (χ3n) is 2.03. The van der Waals surface area contributed by atoms with Gasteiger partial charge in [0.25, 0.3) is 0 Å². The Bertz CT molecular complexity index is 287. The molecule has 2 rings (SSSR count). The average Bonchev–Trinajstić information content (AvgIpc) is 2.61. The van der Waals surface area contributed by atoms with Crippen LogP contribution in [0.2, 0.25) is 0 Å². The van der Waals surface area contributed by atoms with Gasteiger partial charge in [0.15, 0.2) is 0 Å². The van der Waals surface area contributed by atoms with Gasteiger partial charge in [-0.15, -0.1) is 0 Å². The van der Waals surface area contributed by atoms with Crippen LogP contribution in [0.5, 0.6) is 0 Å². The molecule has 1 aliphatic rings. The van der Waals surface area contributed by atoms with Crippen molar-refractivity contribution in [3.8, 4) is 0 Å². The second-order valence-corrected chi connectivity index (χ2v) is 5.04. The first-order chi connectivity index (χ1) is 6.36. The predicted octanol–water partition coefficient (Wildman–Crippen LogP) is 2.76. The quantitative estimate of drug-likeness (QED) is 0.884. The van der Waals surface area contributed by atoms with Crippen molar-refractivity contribution < 1.29 is 0 Å². The van der Waals surface area contributed by atoms with Crippen LogP contribution in [0.1, 0.15) is 6.42 Å². The zero-order valence-corrected chi connectivity index (χ0v) is 9.57. The van der Waals surface area contributed by atoms with Gasteiger partial charge in [-0.3, -0.25) is 0 Å². The van der Waals surface area contributed by atoms with Gasteiger partial charge >= 0.3 is 0 Å². The Labute approximate surface area is 90.6 Å². The van der Waals surface area contributed by atoms with Crippen molar-refractivity contribution in [1.82, 2.24) is 4.98 Å². The molecule has 1 aromatic rings. The molecular formula is C9H11BrN2S. The molecule has 1 N–H and O–H groups in total. The van der Waals surface area contributed by atoms with Gasteiger partial charge in [0.2, 0.25) is 0 Å². The van der Waals surface area contributed by atoms with Gasteiger partial charge in [0.1, 0.15) is 5.82 Å². The smallest absolute Gasteiger partial charge is 0.140 e. The molecule has 0 spiro atoms. The van der Waals surface area contributed by atoms with Crippen LogP contribution in [0.4, 0.5) is 5.82 Å². The summed E-state index contributed by atoms with van der Waals surface area (Å²) in [6.07, 6.45) is 3.06. The summed E-state index contributed by atoms with van der Waals surface area (Å²) in [4.78, 5) is 4.27. The van der Waals surface area contributed by atoms with Gasteiger partial charge in [0.05, 0.1) is 4.47 Å². The predicted molar refractivity (Wildman–Crippen MR) is 61.3 cm³/mol. The molecule has 0 aliphatic carbocycles. The maximum Gasteiger partial charge on any atom is 0.140 e. The minimum atomic E-state index is 0.594. The molecule has 4 heteroatoms. The summed E-state index contributed by atoms with van der Waals surface area (Å²) in [6, 6.07) is 4.53. The van der Waals surface area contributed by atoms with E-state index in [0.29, 0.717) is 6.04 Å². The van der Waals surface area contributed by atoms with Gasteiger partial charge in [-0.05, 0) is 40.2 Å². The molecule has 1 fully saturated rings. The van der Waals surface area contributed by atoms with Gasteiger partial charge in [-0.1, -0.05) is 0 Å². The molecule has 1 unspecified atom stereocenters. The van der Waals surface area contributed by atoms with Gasteiger partial charge in [-0.25, -0.2) is 4.98 Å². The van der Waals surface area contributed by atoms with E-state index < -0.39 is 0 Å². The molecule has 1 saturated heterocycles. The van der Waals surface area contributed by atoms with Crippen molar-refractivity contribution in [2.45, 2.75) is 12.5 Å². The number of anilines is 1. The largest absolute Gasteiger partial charge is 0.366 e. The first-order valence-electron chi connectivity index (χ1n) is 4.31. The Kier molecular flexibility index (Phi) is 3.11. The van der Waals surface area contributed by atoms with Crippen molar-refractivity contribution >= 4 is 33.5 Å². The fraction of sp³-hybridized carbons (Fsp3) is 0.444. The first kappa shape index (κ1) is 9.34. The Hall–Kier alpha value is -0.220. The van der Waals surface area contributed by atoms with E-state index >= 15 is 0 Å². The highest BCUT2D eigenvalue weighted by atomic mass is 79.9. The summed E-state index contributed by atoms with van der Waals surface area (Å²) >= 11 is 5.47. The lowest BCUT2D eigenvalue weighted by molar-refractivity contribution is 0.806. The number of rotatable bonds is 2. The van der Waals surface area contributed by atoms with E-state index in [4.69, 9.17) is 0 Å². The molecule has 70 valence electrons. The average molecular weight is 259 g/mol. The lowest BCUT2D eigenvalue weighted by Crippen LogP contribution is -2.19. The van der Waals surface area contributed by atoms with E-state index in [1.165, 1.54) is 17.9 Å². The van der Waals surface area contributed by atoms with E-state index in [1.807, 2.05) is 30.1 Å². The first-order valence-corrected chi connectivity index (χ1v) is 6.26. The molecule has 2 nitrogen and oxygen atoms in total. The number of hydrogen-bond donors (Lipinski definition) is 1. The second-order valence-electron chi connectivity index (χ2n) is 3.04. The number of halogens is 1. The lowest BCUT2D eigenvalue weighted by atomic mass is 10.2. The SMILES string of the molecule is Brc1cccnc1NC1CCSC1. The Morgan fingerprint density at radius 2 is 2.54 bits per heavy atom. The van der Waals surface area contributed by atoms with Crippen molar-refractivity contribution in [3.63, 3.8) is 0 Å². The molecule has 0 aromatic carbocycles. The summed E-state index contributed by atoms with van der Waals surface area (Å²) in [5.41, 5.74) is 0. The fourth-order valence-electron chi connectivity index (χ4n) is 1.33. The molecule has 13 heavy (non-hydrogen) atoms. The fourth-order valence-corrected chi connectivity index (χ4v) is 2.86. The Balaban J connectivity index is 2.04. The highest BCUT2D eigenvalue weighted by Gasteiger charge is 2.15. The van der Waals surface area contributed by atoms with Crippen LogP contribution in [0, 0.1) is 0 Å².